The number of carbonyl (C=O) groups excluding carboxylic acids is 2. The summed E-state index contributed by atoms with van der Waals surface area (Å²) in [5.41, 5.74) is 3.11. The zero-order valence-electron chi connectivity index (χ0n) is 20.2. The number of amides is 1. The van der Waals surface area contributed by atoms with E-state index in [1.165, 1.54) is 22.0 Å². The van der Waals surface area contributed by atoms with Crippen molar-refractivity contribution < 1.29 is 9.59 Å². The first-order valence-corrected chi connectivity index (χ1v) is 13.0. The Morgan fingerprint density at radius 2 is 1.69 bits per heavy atom. The van der Waals surface area contributed by atoms with Crippen LogP contribution in [0.15, 0.2) is 47.3 Å². The molecule has 0 aliphatic carbocycles. The fraction of sp³-hybridized carbons (Fsp3) is 0.321. The standard InChI is InChI=1S/C28H29ClN2O3S/c1-18-8-10-30(11-9-18)26(33)17-31-27(16-24(32)22-13-19(2)12-20(3)14-22)35-25(28(31)34)15-21-4-6-23(29)7-5-21/h4-7,12-16,18H,8-11,17H2,1-3H3/b25-15-,27-16+. The molecule has 1 aliphatic rings. The first kappa shape index (κ1) is 25.1. The summed E-state index contributed by atoms with van der Waals surface area (Å²) < 4.78 is 2.37. The Morgan fingerprint density at radius 1 is 1.06 bits per heavy atom. The number of hydrogen-bond acceptors (Lipinski definition) is 4. The van der Waals surface area contributed by atoms with Crippen LogP contribution in [0, 0.1) is 19.8 Å². The normalized spacial score (nSPS) is 15.6. The number of halogens is 1. The zero-order chi connectivity index (χ0) is 25.1. The number of Topliss-reactive ketones (excluding diaryl/α,β-unsaturated/α-hetero) is 1. The van der Waals surface area contributed by atoms with Crippen LogP contribution in [-0.4, -0.2) is 34.2 Å². The number of benzene rings is 2. The highest BCUT2D eigenvalue weighted by atomic mass is 35.5. The Bertz CT molecular complexity index is 1410. The first-order valence-electron chi connectivity index (χ1n) is 11.8. The van der Waals surface area contributed by atoms with Gasteiger partial charge in [-0.25, -0.2) is 0 Å². The third-order valence-corrected chi connectivity index (χ3v) is 7.61. The van der Waals surface area contributed by atoms with E-state index < -0.39 is 0 Å². The summed E-state index contributed by atoms with van der Waals surface area (Å²) in [6.45, 7) is 7.40. The third kappa shape index (κ3) is 6.19. The van der Waals surface area contributed by atoms with Gasteiger partial charge in [0, 0.05) is 29.8 Å². The van der Waals surface area contributed by atoms with Crippen LogP contribution in [-0.2, 0) is 11.3 Å². The second-order valence-corrected chi connectivity index (χ2v) is 10.8. The largest absolute Gasteiger partial charge is 0.341 e. The maximum Gasteiger partial charge on any atom is 0.269 e. The van der Waals surface area contributed by atoms with Crippen LogP contribution in [0.25, 0.3) is 12.2 Å². The fourth-order valence-electron chi connectivity index (χ4n) is 4.31. The summed E-state index contributed by atoms with van der Waals surface area (Å²) in [4.78, 5) is 41.4. The van der Waals surface area contributed by atoms with E-state index in [-0.39, 0.29) is 23.8 Å². The van der Waals surface area contributed by atoms with Gasteiger partial charge in [-0.05, 0) is 68.5 Å². The minimum absolute atomic E-state index is 0.0792. The number of hydrogen-bond donors (Lipinski definition) is 0. The predicted molar refractivity (Wildman–Crippen MR) is 143 cm³/mol. The second-order valence-electron chi connectivity index (χ2n) is 9.34. The van der Waals surface area contributed by atoms with Gasteiger partial charge in [-0.3, -0.25) is 19.0 Å². The van der Waals surface area contributed by atoms with E-state index in [0.717, 1.165) is 29.5 Å². The topological polar surface area (TPSA) is 59.4 Å². The lowest BCUT2D eigenvalue weighted by Gasteiger charge is -2.30. The predicted octanol–water partition coefficient (Wildman–Crippen LogP) is 3.93. The van der Waals surface area contributed by atoms with Crippen molar-refractivity contribution in [2.45, 2.75) is 40.2 Å². The molecule has 4 rings (SSSR count). The molecule has 1 aliphatic heterocycles. The summed E-state index contributed by atoms with van der Waals surface area (Å²) in [5, 5.41) is 0.611. The maximum absolute atomic E-state index is 13.4. The molecule has 0 bridgehead atoms. The molecule has 0 spiro atoms. The summed E-state index contributed by atoms with van der Waals surface area (Å²) in [5.74, 6) is 0.315. The van der Waals surface area contributed by atoms with Crippen LogP contribution in [0.1, 0.15) is 46.8 Å². The van der Waals surface area contributed by atoms with E-state index in [1.807, 2.05) is 49.1 Å². The Hall–Kier alpha value is -2.96. The molecule has 2 aromatic carbocycles. The molecule has 182 valence electrons. The van der Waals surface area contributed by atoms with Crippen molar-refractivity contribution in [2.24, 2.45) is 5.92 Å². The quantitative estimate of drug-likeness (QED) is 0.491. The monoisotopic (exact) mass is 508 g/mol. The average Bonchev–Trinajstić information content (AvgIpc) is 3.09. The molecular formula is C28H29ClN2O3S. The van der Waals surface area contributed by atoms with E-state index in [0.29, 0.717) is 38.8 Å². The van der Waals surface area contributed by atoms with Crippen LogP contribution < -0.4 is 14.8 Å². The van der Waals surface area contributed by atoms with E-state index >= 15 is 0 Å². The van der Waals surface area contributed by atoms with Gasteiger partial charge in [-0.15, -0.1) is 11.3 Å². The Labute approximate surface area is 214 Å². The summed E-state index contributed by atoms with van der Waals surface area (Å²) >= 11 is 7.21. The Kier molecular flexibility index (Phi) is 7.72. The van der Waals surface area contributed by atoms with Gasteiger partial charge in [0.05, 0.1) is 4.53 Å². The molecule has 1 saturated heterocycles. The summed E-state index contributed by atoms with van der Waals surface area (Å²) in [7, 11) is 0. The van der Waals surface area contributed by atoms with Crippen LogP contribution in [0.2, 0.25) is 5.02 Å². The van der Waals surface area contributed by atoms with Gasteiger partial charge in [-0.2, -0.15) is 0 Å². The minimum Gasteiger partial charge on any atom is -0.341 e. The molecule has 0 atom stereocenters. The highest BCUT2D eigenvalue weighted by Gasteiger charge is 2.21. The van der Waals surface area contributed by atoms with Crippen molar-refractivity contribution in [3.8, 4) is 0 Å². The van der Waals surface area contributed by atoms with Crippen LogP contribution in [0.5, 0.6) is 0 Å². The highest BCUT2D eigenvalue weighted by Crippen LogP contribution is 2.16. The number of rotatable bonds is 5. The van der Waals surface area contributed by atoms with Crippen molar-refractivity contribution in [3.05, 3.63) is 89.3 Å². The number of carbonyl (C=O) groups is 2. The molecule has 0 saturated carbocycles. The maximum atomic E-state index is 13.4. The van der Waals surface area contributed by atoms with Gasteiger partial charge in [0.15, 0.2) is 5.78 Å². The Balaban J connectivity index is 1.76. The smallest absolute Gasteiger partial charge is 0.269 e. The number of aryl methyl sites for hydroxylation is 2. The number of aromatic nitrogens is 1. The lowest BCUT2D eigenvalue weighted by atomic mass is 9.99. The Morgan fingerprint density at radius 3 is 2.31 bits per heavy atom. The number of thiazole rings is 1. The van der Waals surface area contributed by atoms with Crippen molar-refractivity contribution in [1.29, 1.82) is 0 Å². The molecule has 3 aromatic rings. The number of piperidine rings is 1. The van der Waals surface area contributed by atoms with E-state index in [1.54, 1.807) is 18.2 Å². The van der Waals surface area contributed by atoms with E-state index in [4.69, 9.17) is 11.6 Å². The number of ketones is 1. The fourth-order valence-corrected chi connectivity index (χ4v) is 5.48. The molecule has 35 heavy (non-hydrogen) atoms. The molecular weight excluding hydrogens is 480 g/mol. The molecule has 0 unspecified atom stereocenters. The molecule has 2 heterocycles. The van der Waals surface area contributed by atoms with Crippen molar-refractivity contribution in [1.82, 2.24) is 9.47 Å². The van der Waals surface area contributed by atoms with Gasteiger partial charge in [0.2, 0.25) is 5.91 Å². The first-order chi connectivity index (χ1) is 16.7. The molecule has 5 nitrogen and oxygen atoms in total. The van der Waals surface area contributed by atoms with Gasteiger partial charge in [0.25, 0.3) is 5.56 Å². The summed E-state index contributed by atoms with van der Waals surface area (Å²) in [6.07, 6.45) is 5.17. The SMILES string of the molecule is Cc1cc(C)cc(C(=O)/C=c2/s/c(=C\c3ccc(Cl)cc3)c(=O)n2CC(=O)N2CCC(C)CC2)c1. The second kappa shape index (κ2) is 10.8. The van der Waals surface area contributed by atoms with Crippen molar-refractivity contribution in [2.75, 3.05) is 13.1 Å². The molecule has 1 aromatic heterocycles. The molecule has 1 amide bonds. The van der Waals surface area contributed by atoms with E-state index in [2.05, 4.69) is 6.92 Å². The van der Waals surface area contributed by atoms with Crippen LogP contribution in [0.4, 0.5) is 0 Å². The van der Waals surface area contributed by atoms with E-state index in [9.17, 15) is 14.4 Å². The third-order valence-electron chi connectivity index (χ3n) is 6.29. The van der Waals surface area contributed by atoms with Crippen LogP contribution in [0.3, 0.4) is 0 Å². The zero-order valence-corrected chi connectivity index (χ0v) is 21.8. The van der Waals surface area contributed by atoms with Gasteiger partial charge < -0.3 is 4.90 Å². The highest BCUT2D eigenvalue weighted by molar-refractivity contribution is 7.07. The molecule has 0 radical (unpaired) electrons. The van der Waals surface area contributed by atoms with Gasteiger partial charge in [0.1, 0.15) is 11.2 Å². The lowest BCUT2D eigenvalue weighted by molar-refractivity contribution is -0.133. The molecule has 0 N–H and O–H groups in total. The molecule has 1 fully saturated rings. The van der Waals surface area contributed by atoms with Crippen molar-refractivity contribution in [3.63, 3.8) is 0 Å². The number of nitrogens with zero attached hydrogens (tertiary/aromatic N) is 2. The lowest BCUT2D eigenvalue weighted by Crippen LogP contribution is -2.43. The summed E-state index contributed by atoms with van der Waals surface area (Å²) in [6, 6.07) is 12.9. The van der Waals surface area contributed by atoms with Crippen molar-refractivity contribution >= 4 is 46.8 Å². The average molecular weight is 509 g/mol. The minimum atomic E-state index is -0.275. The van der Waals surface area contributed by atoms with Crippen LogP contribution >= 0.6 is 22.9 Å². The molecule has 7 heteroatoms. The number of likely N-dealkylation sites (tertiary alicyclic amines) is 1. The van der Waals surface area contributed by atoms with Gasteiger partial charge >= 0.3 is 0 Å². The van der Waals surface area contributed by atoms with Gasteiger partial charge in [-0.1, -0.05) is 47.9 Å².